The van der Waals surface area contributed by atoms with Gasteiger partial charge in [-0.3, -0.25) is 19.7 Å². The zero-order chi connectivity index (χ0) is 19.5. The SMILES string of the molecule is CCC1=CC2N=CC(CN3CCN(c4ccncc4C#N)CC3)=CC2=NC1=O. The van der Waals surface area contributed by atoms with Crippen molar-refractivity contribution in [1.82, 2.24) is 9.88 Å². The van der Waals surface area contributed by atoms with Gasteiger partial charge in [-0.05, 0) is 30.2 Å². The highest BCUT2D eigenvalue weighted by Gasteiger charge is 2.25. The van der Waals surface area contributed by atoms with E-state index in [1.807, 2.05) is 31.4 Å². The average Bonchev–Trinajstić information content (AvgIpc) is 2.73. The molecule has 1 saturated heterocycles. The summed E-state index contributed by atoms with van der Waals surface area (Å²) >= 11 is 0. The molecule has 1 amide bonds. The number of amides is 1. The molecule has 1 aromatic heterocycles. The zero-order valence-electron chi connectivity index (χ0n) is 15.9. The zero-order valence-corrected chi connectivity index (χ0v) is 15.9. The molecule has 1 fully saturated rings. The molecule has 0 saturated carbocycles. The molecule has 0 aromatic carbocycles. The first-order valence-electron chi connectivity index (χ1n) is 9.56. The lowest BCUT2D eigenvalue weighted by Crippen LogP contribution is -2.47. The second kappa shape index (κ2) is 7.87. The number of carbonyl (C=O) groups excluding carboxylic acids is 1. The van der Waals surface area contributed by atoms with Crippen LogP contribution >= 0.6 is 0 Å². The Morgan fingerprint density at radius 2 is 2.11 bits per heavy atom. The van der Waals surface area contributed by atoms with Crippen LogP contribution in [0.2, 0.25) is 0 Å². The van der Waals surface area contributed by atoms with Gasteiger partial charge in [0.1, 0.15) is 12.1 Å². The Morgan fingerprint density at radius 1 is 1.29 bits per heavy atom. The second-order valence-corrected chi connectivity index (χ2v) is 7.10. The van der Waals surface area contributed by atoms with Gasteiger partial charge in [-0.25, -0.2) is 4.99 Å². The Hall–Kier alpha value is -3.11. The fraction of sp³-hybridized carbons (Fsp3) is 0.381. The number of aromatic nitrogens is 1. The van der Waals surface area contributed by atoms with Crippen molar-refractivity contribution in [3.05, 3.63) is 47.3 Å². The molecule has 3 aliphatic heterocycles. The van der Waals surface area contributed by atoms with Gasteiger partial charge in [-0.15, -0.1) is 0 Å². The highest BCUT2D eigenvalue weighted by molar-refractivity contribution is 6.16. The maximum Gasteiger partial charge on any atom is 0.272 e. The summed E-state index contributed by atoms with van der Waals surface area (Å²) in [7, 11) is 0. The van der Waals surface area contributed by atoms with Crippen molar-refractivity contribution in [1.29, 1.82) is 5.26 Å². The number of nitrogens with zero attached hydrogens (tertiary/aromatic N) is 6. The van der Waals surface area contributed by atoms with Crippen LogP contribution in [0.15, 0.2) is 51.7 Å². The summed E-state index contributed by atoms with van der Waals surface area (Å²) in [6, 6.07) is 4.00. The number of rotatable bonds is 4. The molecule has 1 unspecified atom stereocenters. The number of piperazine rings is 1. The van der Waals surface area contributed by atoms with Crippen molar-refractivity contribution >= 4 is 23.5 Å². The van der Waals surface area contributed by atoms with Gasteiger partial charge in [0.25, 0.3) is 5.91 Å². The Bertz CT molecular complexity index is 944. The molecule has 0 radical (unpaired) electrons. The number of dihydropyridines is 2. The summed E-state index contributed by atoms with van der Waals surface area (Å²) in [6.45, 7) is 6.24. The Labute approximate surface area is 164 Å². The van der Waals surface area contributed by atoms with Crippen LogP contribution in [0.3, 0.4) is 0 Å². The second-order valence-electron chi connectivity index (χ2n) is 7.10. The first-order chi connectivity index (χ1) is 13.7. The number of pyridine rings is 1. The van der Waals surface area contributed by atoms with Crippen LogP contribution in [0.1, 0.15) is 18.9 Å². The molecule has 0 aliphatic carbocycles. The quantitative estimate of drug-likeness (QED) is 0.802. The largest absolute Gasteiger partial charge is 0.368 e. The Morgan fingerprint density at radius 3 is 2.86 bits per heavy atom. The molecule has 7 heteroatoms. The third-order valence-electron chi connectivity index (χ3n) is 5.32. The van der Waals surface area contributed by atoms with Crippen LogP contribution in [0, 0.1) is 11.3 Å². The van der Waals surface area contributed by atoms with E-state index in [9.17, 15) is 10.1 Å². The van der Waals surface area contributed by atoms with Crippen LogP contribution in [0.5, 0.6) is 0 Å². The average molecular weight is 374 g/mol. The van der Waals surface area contributed by atoms with E-state index in [1.165, 1.54) is 0 Å². The van der Waals surface area contributed by atoms with Gasteiger partial charge in [0, 0.05) is 56.9 Å². The summed E-state index contributed by atoms with van der Waals surface area (Å²) in [5, 5.41) is 9.27. The van der Waals surface area contributed by atoms with Gasteiger partial charge >= 0.3 is 0 Å². The van der Waals surface area contributed by atoms with Crippen LogP contribution < -0.4 is 4.90 Å². The van der Waals surface area contributed by atoms with Crippen LogP contribution in [0.25, 0.3) is 0 Å². The van der Waals surface area contributed by atoms with Crippen LogP contribution in [-0.4, -0.2) is 66.5 Å². The van der Waals surface area contributed by atoms with Crippen molar-refractivity contribution in [3.63, 3.8) is 0 Å². The molecule has 28 heavy (non-hydrogen) atoms. The number of hydrogen-bond acceptors (Lipinski definition) is 6. The number of fused-ring (bicyclic) bond motifs is 1. The fourth-order valence-electron chi connectivity index (χ4n) is 3.75. The van der Waals surface area contributed by atoms with Crippen molar-refractivity contribution in [2.24, 2.45) is 9.98 Å². The number of hydrogen-bond donors (Lipinski definition) is 0. The summed E-state index contributed by atoms with van der Waals surface area (Å²) in [6.07, 6.45) is 9.87. The standard InChI is InChI=1S/C21H22N6O/c1-2-16-10-18-19(25-21(16)28)9-15(12-24-18)14-26-5-7-27(8-6-26)20-3-4-23-13-17(20)11-22/h3-4,9-10,12-13,18H,2,5-8,14H2,1H3. The van der Waals surface area contributed by atoms with Gasteiger partial charge < -0.3 is 4.90 Å². The number of carbonyl (C=O) groups is 1. The Balaban J connectivity index is 1.38. The van der Waals surface area contributed by atoms with Crippen molar-refractivity contribution in [3.8, 4) is 6.07 Å². The first kappa shape index (κ1) is 18.3. The molecule has 1 atom stereocenters. The topological polar surface area (TPSA) is 84.9 Å². The number of aliphatic imine (C=N–C) groups is 2. The maximum atomic E-state index is 12.0. The Kier molecular flexibility index (Phi) is 5.13. The van der Waals surface area contributed by atoms with E-state index in [1.54, 1.807) is 12.4 Å². The fourth-order valence-corrected chi connectivity index (χ4v) is 3.75. The van der Waals surface area contributed by atoms with Gasteiger partial charge in [0.2, 0.25) is 0 Å². The maximum absolute atomic E-state index is 12.0. The molecule has 142 valence electrons. The van der Waals surface area contributed by atoms with Gasteiger partial charge in [0.15, 0.2) is 0 Å². The molecule has 7 nitrogen and oxygen atoms in total. The third-order valence-corrected chi connectivity index (χ3v) is 5.32. The van der Waals surface area contributed by atoms with Gasteiger partial charge in [0.05, 0.1) is 17.0 Å². The highest BCUT2D eigenvalue weighted by atomic mass is 16.1. The van der Waals surface area contributed by atoms with Gasteiger partial charge in [-0.1, -0.05) is 6.92 Å². The third kappa shape index (κ3) is 3.64. The summed E-state index contributed by atoms with van der Waals surface area (Å²) in [4.78, 5) is 29.5. The minimum atomic E-state index is -0.138. The molecule has 0 bridgehead atoms. The molecule has 3 aliphatic rings. The molecule has 0 spiro atoms. The van der Waals surface area contributed by atoms with E-state index >= 15 is 0 Å². The van der Waals surface area contributed by atoms with E-state index in [2.05, 4.69) is 30.8 Å². The van der Waals surface area contributed by atoms with Gasteiger partial charge in [-0.2, -0.15) is 5.26 Å². The van der Waals surface area contributed by atoms with Crippen molar-refractivity contribution in [2.75, 3.05) is 37.6 Å². The minimum absolute atomic E-state index is 0.121. The van der Waals surface area contributed by atoms with Crippen molar-refractivity contribution in [2.45, 2.75) is 19.4 Å². The van der Waals surface area contributed by atoms with E-state index in [0.29, 0.717) is 12.0 Å². The lowest BCUT2D eigenvalue weighted by atomic mass is 9.98. The lowest BCUT2D eigenvalue weighted by Gasteiger charge is -2.36. The van der Waals surface area contributed by atoms with E-state index in [-0.39, 0.29) is 11.9 Å². The monoisotopic (exact) mass is 374 g/mol. The van der Waals surface area contributed by atoms with Crippen LogP contribution in [0.4, 0.5) is 5.69 Å². The molecular weight excluding hydrogens is 352 g/mol. The molecular formula is C21H22N6O. The number of anilines is 1. The molecule has 4 rings (SSSR count). The lowest BCUT2D eigenvalue weighted by molar-refractivity contribution is -0.114. The molecule has 0 N–H and O–H groups in total. The first-order valence-corrected chi connectivity index (χ1v) is 9.56. The number of nitriles is 1. The normalized spacial score (nSPS) is 22.1. The van der Waals surface area contributed by atoms with E-state index < -0.39 is 0 Å². The van der Waals surface area contributed by atoms with Crippen LogP contribution in [-0.2, 0) is 4.79 Å². The predicted molar refractivity (Wildman–Crippen MR) is 109 cm³/mol. The smallest absolute Gasteiger partial charge is 0.272 e. The summed E-state index contributed by atoms with van der Waals surface area (Å²) < 4.78 is 0. The summed E-state index contributed by atoms with van der Waals surface area (Å²) in [5.74, 6) is -0.138. The van der Waals surface area contributed by atoms with Crippen molar-refractivity contribution < 1.29 is 4.79 Å². The molecule has 1 aromatic rings. The minimum Gasteiger partial charge on any atom is -0.368 e. The predicted octanol–water partition coefficient (Wildman–Crippen LogP) is 1.77. The van der Waals surface area contributed by atoms with E-state index in [0.717, 1.165) is 55.3 Å². The van der Waals surface area contributed by atoms with E-state index in [4.69, 9.17) is 0 Å². The summed E-state index contributed by atoms with van der Waals surface area (Å²) in [5.41, 5.74) is 4.13. The highest BCUT2D eigenvalue weighted by Crippen LogP contribution is 2.22. The molecule has 4 heterocycles.